The lowest BCUT2D eigenvalue weighted by atomic mass is 9.90. The summed E-state index contributed by atoms with van der Waals surface area (Å²) >= 11 is 0. The first-order chi connectivity index (χ1) is 10.3. The van der Waals surface area contributed by atoms with Gasteiger partial charge in [-0.2, -0.15) is 0 Å². The molecule has 0 unspecified atom stereocenters. The fourth-order valence-electron chi connectivity index (χ4n) is 3.08. The third kappa shape index (κ3) is 3.54. The number of anilines is 2. The van der Waals surface area contributed by atoms with Crippen molar-refractivity contribution in [1.82, 2.24) is 4.98 Å². The number of piperidine rings is 1. The number of rotatable bonds is 4. The Morgan fingerprint density at radius 3 is 2.62 bits per heavy atom. The van der Waals surface area contributed by atoms with Crippen LogP contribution < -0.4 is 10.2 Å². The molecule has 1 fully saturated rings. The first-order valence-corrected chi connectivity index (χ1v) is 7.77. The standard InChI is InChI=1S/C18H23N3/c1-19-17-12-18(14-20-13-17)21-9-7-16(8-10-21)11-15-5-3-2-4-6-15/h2-6,12-14,16,19H,7-11H2,1H3. The molecular formula is C18H23N3. The molecule has 0 aliphatic carbocycles. The van der Waals surface area contributed by atoms with Crippen molar-refractivity contribution in [2.45, 2.75) is 19.3 Å². The van der Waals surface area contributed by atoms with Crippen molar-refractivity contribution in [2.24, 2.45) is 5.92 Å². The molecule has 1 aliphatic heterocycles. The van der Waals surface area contributed by atoms with Gasteiger partial charge >= 0.3 is 0 Å². The number of aromatic nitrogens is 1. The van der Waals surface area contributed by atoms with Crippen molar-refractivity contribution in [3.8, 4) is 0 Å². The van der Waals surface area contributed by atoms with Crippen molar-refractivity contribution in [1.29, 1.82) is 0 Å². The molecule has 1 aromatic heterocycles. The Morgan fingerprint density at radius 2 is 1.90 bits per heavy atom. The van der Waals surface area contributed by atoms with Gasteiger partial charge in [0.15, 0.2) is 0 Å². The maximum atomic E-state index is 4.31. The molecule has 3 nitrogen and oxygen atoms in total. The molecular weight excluding hydrogens is 258 g/mol. The molecule has 0 bridgehead atoms. The maximum absolute atomic E-state index is 4.31. The Morgan fingerprint density at radius 1 is 1.14 bits per heavy atom. The Balaban J connectivity index is 1.57. The number of pyridine rings is 1. The molecule has 3 rings (SSSR count). The van der Waals surface area contributed by atoms with E-state index >= 15 is 0 Å². The minimum absolute atomic E-state index is 0.809. The first kappa shape index (κ1) is 13.9. The van der Waals surface area contributed by atoms with Gasteiger partial charge in [0.05, 0.1) is 23.8 Å². The lowest BCUT2D eigenvalue weighted by Gasteiger charge is -2.33. The second-order valence-electron chi connectivity index (χ2n) is 5.80. The van der Waals surface area contributed by atoms with E-state index in [1.54, 1.807) is 0 Å². The molecule has 1 aromatic carbocycles. The van der Waals surface area contributed by atoms with Crippen molar-refractivity contribution in [3.63, 3.8) is 0 Å². The fraction of sp³-hybridized carbons (Fsp3) is 0.389. The molecule has 0 spiro atoms. The highest BCUT2D eigenvalue weighted by Gasteiger charge is 2.20. The SMILES string of the molecule is CNc1cncc(N2CCC(Cc3ccccc3)CC2)c1. The summed E-state index contributed by atoms with van der Waals surface area (Å²) in [6, 6.07) is 13.0. The molecule has 21 heavy (non-hydrogen) atoms. The maximum Gasteiger partial charge on any atom is 0.0573 e. The van der Waals surface area contributed by atoms with Gasteiger partial charge in [-0.3, -0.25) is 4.98 Å². The fourth-order valence-corrected chi connectivity index (χ4v) is 3.08. The lowest BCUT2D eigenvalue weighted by molar-refractivity contribution is 0.403. The van der Waals surface area contributed by atoms with Gasteiger partial charge in [0.2, 0.25) is 0 Å². The topological polar surface area (TPSA) is 28.2 Å². The van der Waals surface area contributed by atoms with Gasteiger partial charge in [-0.1, -0.05) is 30.3 Å². The van der Waals surface area contributed by atoms with E-state index in [1.165, 1.54) is 30.5 Å². The second-order valence-corrected chi connectivity index (χ2v) is 5.80. The quantitative estimate of drug-likeness (QED) is 0.928. The molecule has 0 atom stereocenters. The van der Waals surface area contributed by atoms with Crippen LogP contribution in [-0.4, -0.2) is 25.1 Å². The van der Waals surface area contributed by atoms with Gasteiger partial charge in [-0.05, 0) is 36.8 Å². The summed E-state index contributed by atoms with van der Waals surface area (Å²) in [5.41, 5.74) is 3.79. The highest BCUT2D eigenvalue weighted by Crippen LogP contribution is 2.26. The largest absolute Gasteiger partial charge is 0.387 e. The zero-order chi connectivity index (χ0) is 14.5. The summed E-state index contributed by atoms with van der Waals surface area (Å²) in [4.78, 5) is 6.77. The summed E-state index contributed by atoms with van der Waals surface area (Å²) in [7, 11) is 1.94. The van der Waals surface area contributed by atoms with Crippen LogP contribution in [0.3, 0.4) is 0 Å². The van der Waals surface area contributed by atoms with Gasteiger partial charge in [0, 0.05) is 20.1 Å². The zero-order valence-corrected chi connectivity index (χ0v) is 12.6. The highest BCUT2D eigenvalue weighted by molar-refractivity contribution is 5.55. The molecule has 3 heteroatoms. The third-order valence-corrected chi connectivity index (χ3v) is 4.36. The van der Waals surface area contributed by atoms with E-state index in [4.69, 9.17) is 0 Å². The van der Waals surface area contributed by atoms with E-state index in [0.717, 1.165) is 24.7 Å². The van der Waals surface area contributed by atoms with Crippen LogP contribution in [0, 0.1) is 5.92 Å². The Kier molecular flexibility index (Phi) is 4.39. The summed E-state index contributed by atoms with van der Waals surface area (Å²) in [5, 5.41) is 3.16. The Hall–Kier alpha value is -2.03. The van der Waals surface area contributed by atoms with E-state index in [-0.39, 0.29) is 0 Å². The van der Waals surface area contributed by atoms with Crippen molar-refractivity contribution >= 4 is 11.4 Å². The molecule has 0 saturated carbocycles. The first-order valence-electron chi connectivity index (χ1n) is 7.77. The lowest BCUT2D eigenvalue weighted by Crippen LogP contribution is -2.34. The molecule has 0 amide bonds. The minimum Gasteiger partial charge on any atom is -0.387 e. The van der Waals surface area contributed by atoms with Crippen LogP contribution in [0.15, 0.2) is 48.8 Å². The number of nitrogens with zero attached hydrogens (tertiary/aromatic N) is 2. The van der Waals surface area contributed by atoms with E-state index in [0.29, 0.717) is 0 Å². The highest BCUT2D eigenvalue weighted by atomic mass is 15.1. The van der Waals surface area contributed by atoms with E-state index in [9.17, 15) is 0 Å². The third-order valence-electron chi connectivity index (χ3n) is 4.36. The average Bonchev–Trinajstić information content (AvgIpc) is 2.56. The van der Waals surface area contributed by atoms with Crippen LogP contribution in [0.2, 0.25) is 0 Å². The minimum atomic E-state index is 0.809. The monoisotopic (exact) mass is 281 g/mol. The van der Waals surface area contributed by atoms with E-state index in [2.05, 4.69) is 51.6 Å². The van der Waals surface area contributed by atoms with Crippen LogP contribution >= 0.6 is 0 Å². The van der Waals surface area contributed by atoms with Crippen molar-refractivity contribution < 1.29 is 0 Å². The van der Waals surface area contributed by atoms with Crippen LogP contribution in [0.1, 0.15) is 18.4 Å². The van der Waals surface area contributed by atoms with Gasteiger partial charge in [0.1, 0.15) is 0 Å². The van der Waals surface area contributed by atoms with E-state index in [1.807, 2.05) is 19.4 Å². The molecule has 1 saturated heterocycles. The molecule has 110 valence electrons. The summed E-state index contributed by atoms with van der Waals surface area (Å²) in [6.07, 6.45) is 7.57. The van der Waals surface area contributed by atoms with Crippen molar-refractivity contribution in [2.75, 3.05) is 30.4 Å². The average molecular weight is 281 g/mol. The molecule has 1 aliphatic rings. The predicted octanol–water partition coefficient (Wildman–Crippen LogP) is 3.58. The van der Waals surface area contributed by atoms with E-state index < -0.39 is 0 Å². The summed E-state index contributed by atoms with van der Waals surface area (Å²) < 4.78 is 0. The zero-order valence-electron chi connectivity index (χ0n) is 12.6. The van der Waals surface area contributed by atoms with Crippen molar-refractivity contribution in [3.05, 3.63) is 54.4 Å². The number of hydrogen-bond donors (Lipinski definition) is 1. The normalized spacial score (nSPS) is 16.0. The molecule has 1 N–H and O–H groups in total. The van der Waals surface area contributed by atoms with Gasteiger partial charge < -0.3 is 10.2 Å². The summed E-state index contributed by atoms with van der Waals surface area (Å²) in [6.45, 7) is 2.26. The Labute approximate surface area is 127 Å². The number of nitrogens with one attached hydrogen (secondary N) is 1. The number of hydrogen-bond acceptors (Lipinski definition) is 3. The molecule has 2 heterocycles. The smallest absolute Gasteiger partial charge is 0.0573 e. The Bertz CT molecular complexity index is 560. The van der Waals surface area contributed by atoms with Crippen LogP contribution in [0.4, 0.5) is 11.4 Å². The van der Waals surface area contributed by atoms with Gasteiger partial charge in [0.25, 0.3) is 0 Å². The van der Waals surface area contributed by atoms with Crippen LogP contribution in [0.25, 0.3) is 0 Å². The molecule has 2 aromatic rings. The van der Waals surface area contributed by atoms with Crippen LogP contribution in [0.5, 0.6) is 0 Å². The predicted molar refractivity (Wildman–Crippen MR) is 88.9 cm³/mol. The number of benzene rings is 1. The van der Waals surface area contributed by atoms with Crippen LogP contribution in [-0.2, 0) is 6.42 Å². The summed E-state index contributed by atoms with van der Waals surface area (Å²) in [5.74, 6) is 0.809. The van der Waals surface area contributed by atoms with Gasteiger partial charge in [-0.15, -0.1) is 0 Å². The second kappa shape index (κ2) is 6.61. The molecule has 0 radical (unpaired) electrons. The van der Waals surface area contributed by atoms with Gasteiger partial charge in [-0.25, -0.2) is 0 Å².